The van der Waals surface area contributed by atoms with Gasteiger partial charge in [-0.15, -0.1) is 0 Å². The fraction of sp³-hybridized carbons (Fsp3) is 0.412. The number of hydrogen-bond donors (Lipinski definition) is 2. The Balaban J connectivity index is 1.56. The fourth-order valence-electron chi connectivity index (χ4n) is 3.29. The first-order chi connectivity index (χ1) is 11.1. The molecule has 2 aliphatic rings. The maximum atomic E-state index is 11.1. The molecule has 5 nitrogen and oxygen atoms in total. The molecular formula is C17H18BrN3O2. The van der Waals surface area contributed by atoms with Crippen LogP contribution in [0.4, 0.5) is 0 Å². The lowest BCUT2D eigenvalue weighted by Gasteiger charge is -2.12. The molecule has 1 aromatic carbocycles. The zero-order valence-electron chi connectivity index (χ0n) is 12.6. The number of benzene rings is 1. The Hall–Kier alpha value is -1.66. The van der Waals surface area contributed by atoms with Crippen molar-refractivity contribution < 1.29 is 9.90 Å². The number of carboxylic acids is 1. The van der Waals surface area contributed by atoms with Gasteiger partial charge in [-0.25, -0.2) is 4.68 Å². The zero-order valence-corrected chi connectivity index (χ0v) is 14.2. The Labute approximate surface area is 142 Å². The van der Waals surface area contributed by atoms with E-state index in [0.717, 1.165) is 15.7 Å². The Morgan fingerprint density at radius 2 is 2.04 bits per heavy atom. The minimum Gasteiger partial charge on any atom is -0.481 e. The Kier molecular flexibility index (Phi) is 3.73. The van der Waals surface area contributed by atoms with Gasteiger partial charge in [0, 0.05) is 18.5 Å². The van der Waals surface area contributed by atoms with E-state index in [1.54, 1.807) is 0 Å². The van der Waals surface area contributed by atoms with Crippen molar-refractivity contribution in [2.75, 3.05) is 6.54 Å². The van der Waals surface area contributed by atoms with Crippen molar-refractivity contribution in [3.63, 3.8) is 0 Å². The van der Waals surface area contributed by atoms with Crippen molar-refractivity contribution in [1.29, 1.82) is 0 Å². The van der Waals surface area contributed by atoms with E-state index >= 15 is 0 Å². The van der Waals surface area contributed by atoms with E-state index in [0.29, 0.717) is 18.9 Å². The van der Waals surface area contributed by atoms with Gasteiger partial charge < -0.3 is 10.4 Å². The first-order valence-corrected chi connectivity index (χ1v) is 8.72. The summed E-state index contributed by atoms with van der Waals surface area (Å²) >= 11 is 3.59. The molecule has 4 rings (SSSR count). The third-order valence-corrected chi connectivity index (χ3v) is 5.35. The third kappa shape index (κ3) is 2.81. The number of halogens is 1. The van der Waals surface area contributed by atoms with Gasteiger partial charge >= 0.3 is 5.97 Å². The second-order valence-electron chi connectivity index (χ2n) is 6.39. The first kappa shape index (κ1) is 14.9. The average Bonchev–Trinajstić information content (AvgIpc) is 3.11. The predicted octanol–water partition coefficient (Wildman–Crippen LogP) is 3.25. The van der Waals surface area contributed by atoms with Gasteiger partial charge in [-0.2, -0.15) is 5.10 Å². The van der Waals surface area contributed by atoms with E-state index in [1.165, 1.54) is 18.5 Å². The van der Waals surface area contributed by atoms with Crippen LogP contribution in [0.15, 0.2) is 34.9 Å². The number of aromatic nitrogens is 2. The van der Waals surface area contributed by atoms with Gasteiger partial charge in [-0.3, -0.25) is 4.79 Å². The van der Waals surface area contributed by atoms with Crippen LogP contribution in [-0.4, -0.2) is 27.4 Å². The summed E-state index contributed by atoms with van der Waals surface area (Å²) in [6, 6.07) is 8.40. The number of hydrogen-bond acceptors (Lipinski definition) is 3. The molecule has 2 aromatic rings. The summed E-state index contributed by atoms with van der Waals surface area (Å²) in [6.07, 6.45) is 4.96. The van der Waals surface area contributed by atoms with Gasteiger partial charge in [-0.1, -0.05) is 12.1 Å². The molecule has 1 aliphatic heterocycles. The smallest absolute Gasteiger partial charge is 0.307 e. The van der Waals surface area contributed by atoms with Crippen molar-refractivity contribution in [3.05, 3.63) is 46.2 Å². The molecule has 0 amide bonds. The van der Waals surface area contributed by atoms with E-state index in [-0.39, 0.29) is 12.0 Å². The van der Waals surface area contributed by atoms with Crippen molar-refractivity contribution in [1.82, 2.24) is 15.1 Å². The molecule has 1 aromatic heterocycles. The lowest BCUT2D eigenvalue weighted by atomic mass is 10.00. The van der Waals surface area contributed by atoms with Crippen LogP contribution in [0.1, 0.15) is 42.5 Å². The second kappa shape index (κ2) is 5.76. The molecule has 1 saturated heterocycles. The Morgan fingerprint density at radius 3 is 2.65 bits per heavy atom. The largest absolute Gasteiger partial charge is 0.481 e. The number of aliphatic carboxylic acids is 1. The highest BCUT2D eigenvalue weighted by molar-refractivity contribution is 9.10. The molecule has 0 spiro atoms. The SMILES string of the molecule is O=C(O)C1CNC(c2ccc(-n3ncc(Br)c3C3CC3)cc2)C1. The quantitative estimate of drug-likeness (QED) is 0.860. The molecule has 2 fully saturated rings. The highest BCUT2D eigenvalue weighted by atomic mass is 79.9. The highest BCUT2D eigenvalue weighted by Crippen LogP contribution is 2.44. The Morgan fingerprint density at radius 1 is 1.30 bits per heavy atom. The lowest BCUT2D eigenvalue weighted by molar-refractivity contribution is -0.141. The molecule has 2 unspecified atom stereocenters. The minimum absolute atomic E-state index is 0.123. The highest BCUT2D eigenvalue weighted by Gasteiger charge is 2.31. The molecule has 120 valence electrons. The summed E-state index contributed by atoms with van der Waals surface area (Å²) in [5.41, 5.74) is 3.44. The number of carbonyl (C=O) groups is 1. The summed E-state index contributed by atoms with van der Waals surface area (Å²) in [4.78, 5) is 11.1. The van der Waals surface area contributed by atoms with Crippen molar-refractivity contribution in [2.45, 2.75) is 31.2 Å². The second-order valence-corrected chi connectivity index (χ2v) is 7.24. The molecular weight excluding hydrogens is 358 g/mol. The molecule has 0 bridgehead atoms. The average molecular weight is 376 g/mol. The summed E-state index contributed by atoms with van der Waals surface area (Å²) in [5.74, 6) is -0.394. The lowest BCUT2D eigenvalue weighted by Crippen LogP contribution is -2.17. The summed E-state index contributed by atoms with van der Waals surface area (Å²) < 4.78 is 3.08. The van der Waals surface area contributed by atoms with Crippen LogP contribution in [0.3, 0.4) is 0 Å². The monoisotopic (exact) mass is 375 g/mol. The van der Waals surface area contributed by atoms with E-state index < -0.39 is 5.97 Å². The van der Waals surface area contributed by atoms with Gasteiger partial charge in [0.05, 0.1) is 28.0 Å². The molecule has 0 radical (unpaired) electrons. The van der Waals surface area contributed by atoms with Gasteiger partial charge in [0.25, 0.3) is 0 Å². The first-order valence-electron chi connectivity index (χ1n) is 7.93. The van der Waals surface area contributed by atoms with E-state index in [1.807, 2.05) is 10.9 Å². The molecule has 6 heteroatoms. The topological polar surface area (TPSA) is 67.2 Å². The molecule has 2 atom stereocenters. The minimum atomic E-state index is -0.716. The number of nitrogens with zero attached hydrogens (tertiary/aromatic N) is 2. The van der Waals surface area contributed by atoms with E-state index in [4.69, 9.17) is 5.11 Å². The van der Waals surface area contributed by atoms with Crippen LogP contribution < -0.4 is 5.32 Å². The molecule has 1 aliphatic carbocycles. The van der Waals surface area contributed by atoms with Crippen LogP contribution in [0.25, 0.3) is 5.69 Å². The van der Waals surface area contributed by atoms with Crippen LogP contribution in [-0.2, 0) is 4.79 Å². The van der Waals surface area contributed by atoms with Crippen LogP contribution in [0.5, 0.6) is 0 Å². The van der Waals surface area contributed by atoms with Gasteiger partial charge in [0.2, 0.25) is 0 Å². The van der Waals surface area contributed by atoms with Crippen LogP contribution in [0.2, 0.25) is 0 Å². The Bertz CT molecular complexity index is 737. The maximum Gasteiger partial charge on any atom is 0.307 e. The number of nitrogens with one attached hydrogen (secondary N) is 1. The molecule has 1 saturated carbocycles. The van der Waals surface area contributed by atoms with Crippen molar-refractivity contribution in [2.24, 2.45) is 5.92 Å². The van der Waals surface area contributed by atoms with Crippen molar-refractivity contribution in [3.8, 4) is 5.69 Å². The normalized spacial score (nSPS) is 24.0. The maximum absolute atomic E-state index is 11.1. The van der Waals surface area contributed by atoms with Gasteiger partial charge in [-0.05, 0) is 52.9 Å². The number of carboxylic acid groups (broad SMARTS) is 1. The van der Waals surface area contributed by atoms with Crippen LogP contribution >= 0.6 is 15.9 Å². The van der Waals surface area contributed by atoms with E-state index in [9.17, 15) is 4.79 Å². The zero-order chi connectivity index (χ0) is 16.0. The van der Waals surface area contributed by atoms with Crippen molar-refractivity contribution >= 4 is 21.9 Å². The van der Waals surface area contributed by atoms with Gasteiger partial charge in [0.15, 0.2) is 0 Å². The molecule has 2 heterocycles. The molecule has 23 heavy (non-hydrogen) atoms. The summed E-state index contributed by atoms with van der Waals surface area (Å²) in [7, 11) is 0. The predicted molar refractivity (Wildman–Crippen MR) is 89.7 cm³/mol. The summed E-state index contributed by atoms with van der Waals surface area (Å²) in [5, 5.41) is 16.9. The standard InChI is InChI=1S/C17H18BrN3O2/c18-14-9-20-21(16(14)11-1-2-11)13-5-3-10(4-6-13)15-7-12(8-19-15)17(22)23/h3-6,9,11-12,15,19H,1-2,7-8H2,(H,22,23). The molecule has 2 N–H and O–H groups in total. The fourth-order valence-corrected chi connectivity index (χ4v) is 3.88. The third-order valence-electron chi connectivity index (χ3n) is 4.74. The number of rotatable bonds is 4. The van der Waals surface area contributed by atoms with E-state index in [2.05, 4.69) is 50.6 Å². The summed E-state index contributed by atoms with van der Waals surface area (Å²) in [6.45, 7) is 0.541. The van der Waals surface area contributed by atoms with Crippen LogP contribution in [0, 0.1) is 5.92 Å². The van der Waals surface area contributed by atoms with Gasteiger partial charge in [0.1, 0.15) is 0 Å².